The monoisotopic (exact) mass is 604 g/mol. The van der Waals surface area contributed by atoms with E-state index in [1.165, 1.54) is 38.6 Å². The number of fused-ring (bicyclic) bond motifs is 6. The molecule has 0 aliphatic heterocycles. The SMILES string of the molecule is Cc1cc(C)c(-c2cc[c-]c3c2c2ccccc2n2cc(-c4ccccc4)nc32)c(C)c1.[Ir]. The van der Waals surface area contributed by atoms with Gasteiger partial charge < -0.3 is 4.40 Å². The van der Waals surface area contributed by atoms with Crippen LogP contribution in [0.3, 0.4) is 0 Å². The van der Waals surface area contributed by atoms with Crippen molar-refractivity contribution in [3.8, 4) is 22.4 Å². The van der Waals surface area contributed by atoms with Crippen LogP contribution in [-0.2, 0) is 20.1 Å². The molecule has 0 saturated carbocycles. The molecular formula is C30H23IrN2-. The third kappa shape index (κ3) is 3.40. The van der Waals surface area contributed by atoms with E-state index in [1.54, 1.807) is 0 Å². The van der Waals surface area contributed by atoms with Crippen molar-refractivity contribution in [2.24, 2.45) is 0 Å². The number of para-hydroxylation sites is 1. The van der Waals surface area contributed by atoms with Crippen molar-refractivity contribution in [3.05, 3.63) is 108 Å². The van der Waals surface area contributed by atoms with Gasteiger partial charge in [-0.3, -0.25) is 4.98 Å². The van der Waals surface area contributed by atoms with Crippen LogP contribution in [0.25, 0.3) is 49.7 Å². The normalized spacial score (nSPS) is 11.2. The van der Waals surface area contributed by atoms with Crippen LogP contribution in [0.5, 0.6) is 0 Å². The maximum absolute atomic E-state index is 5.09. The summed E-state index contributed by atoms with van der Waals surface area (Å²) in [6.07, 6.45) is 2.15. The molecule has 0 amide bonds. The fourth-order valence-corrected chi connectivity index (χ4v) is 5.15. The van der Waals surface area contributed by atoms with Gasteiger partial charge in [0.25, 0.3) is 0 Å². The summed E-state index contributed by atoms with van der Waals surface area (Å²) < 4.78 is 2.22. The first-order valence-corrected chi connectivity index (χ1v) is 11.0. The van der Waals surface area contributed by atoms with Gasteiger partial charge >= 0.3 is 0 Å². The van der Waals surface area contributed by atoms with E-state index < -0.39 is 0 Å². The second kappa shape index (κ2) is 8.26. The van der Waals surface area contributed by atoms with Crippen LogP contribution in [0.4, 0.5) is 0 Å². The minimum atomic E-state index is 0. The van der Waals surface area contributed by atoms with Crippen molar-refractivity contribution in [2.75, 3.05) is 0 Å². The third-order valence-electron chi connectivity index (χ3n) is 6.38. The first kappa shape index (κ1) is 21.6. The number of hydrogen-bond acceptors (Lipinski definition) is 1. The van der Waals surface area contributed by atoms with Gasteiger partial charge in [0, 0.05) is 37.4 Å². The van der Waals surface area contributed by atoms with Gasteiger partial charge in [-0.25, -0.2) is 0 Å². The van der Waals surface area contributed by atoms with E-state index in [0.29, 0.717) is 0 Å². The van der Waals surface area contributed by atoms with Crippen molar-refractivity contribution in [1.29, 1.82) is 0 Å². The zero-order valence-corrected chi connectivity index (χ0v) is 21.2. The van der Waals surface area contributed by atoms with Gasteiger partial charge in [-0.05, 0) is 48.9 Å². The van der Waals surface area contributed by atoms with Gasteiger partial charge in [-0.1, -0.05) is 82.6 Å². The number of aryl methyl sites for hydroxylation is 3. The average Bonchev–Trinajstić information content (AvgIpc) is 3.25. The van der Waals surface area contributed by atoms with Crippen molar-refractivity contribution < 1.29 is 20.1 Å². The van der Waals surface area contributed by atoms with Gasteiger partial charge in [0.1, 0.15) is 0 Å². The molecule has 2 nitrogen and oxygen atoms in total. The number of aromatic nitrogens is 2. The van der Waals surface area contributed by atoms with E-state index in [1.807, 2.05) is 12.1 Å². The van der Waals surface area contributed by atoms with Gasteiger partial charge in [0.2, 0.25) is 0 Å². The Morgan fingerprint density at radius 2 is 1.52 bits per heavy atom. The zero-order valence-electron chi connectivity index (χ0n) is 18.8. The second-order valence-corrected chi connectivity index (χ2v) is 8.62. The van der Waals surface area contributed by atoms with Crippen LogP contribution in [0, 0.1) is 26.8 Å². The Morgan fingerprint density at radius 1 is 0.818 bits per heavy atom. The van der Waals surface area contributed by atoms with Crippen LogP contribution in [0.1, 0.15) is 16.7 Å². The number of imidazole rings is 1. The number of hydrogen-bond donors (Lipinski definition) is 0. The van der Waals surface area contributed by atoms with E-state index in [-0.39, 0.29) is 20.1 Å². The average molecular weight is 604 g/mol. The van der Waals surface area contributed by atoms with E-state index in [9.17, 15) is 0 Å². The van der Waals surface area contributed by atoms with Crippen molar-refractivity contribution >= 4 is 27.3 Å². The summed E-state index contributed by atoms with van der Waals surface area (Å²) in [5.41, 5.74) is 10.6. The first-order valence-electron chi connectivity index (χ1n) is 11.0. The Hall–Kier alpha value is -3.26. The van der Waals surface area contributed by atoms with Crippen LogP contribution < -0.4 is 0 Å². The number of rotatable bonds is 2. The smallest absolute Gasteiger partial charge is 0.0771 e. The first-order chi connectivity index (χ1) is 15.6. The number of nitrogens with zero attached hydrogens (tertiary/aromatic N) is 2. The number of benzene rings is 4. The minimum absolute atomic E-state index is 0. The molecule has 0 spiro atoms. The molecule has 0 saturated heterocycles. The molecule has 4 aromatic carbocycles. The van der Waals surface area contributed by atoms with Crippen molar-refractivity contribution in [2.45, 2.75) is 20.8 Å². The molecular weight excluding hydrogens is 581 g/mol. The molecule has 6 aromatic rings. The van der Waals surface area contributed by atoms with Crippen LogP contribution in [-0.4, -0.2) is 9.38 Å². The standard InChI is InChI=1S/C30H23N2.Ir/c1-19-16-20(2)28(21(3)17-19)24-13-9-14-25-29(24)23-12-7-8-15-27(23)32-18-26(31-30(25)32)22-10-5-4-6-11-22;/h4-13,15-18H,1-3H3;/q-1;. The zero-order chi connectivity index (χ0) is 21.8. The Bertz CT molecular complexity index is 1620. The minimum Gasteiger partial charge on any atom is -0.339 e. The molecule has 0 atom stereocenters. The fraction of sp³-hybridized carbons (Fsp3) is 0.100. The Kier molecular flexibility index (Phi) is 5.40. The fourth-order valence-electron chi connectivity index (χ4n) is 5.15. The second-order valence-electron chi connectivity index (χ2n) is 8.62. The van der Waals surface area contributed by atoms with Crippen LogP contribution >= 0.6 is 0 Å². The van der Waals surface area contributed by atoms with E-state index in [4.69, 9.17) is 4.98 Å². The van der Waals surface area contributed by atoms with Gasteiger partial charge in [0.15, 0.2) is 0 Å². The van der Waals surface area contributed by atoms with Crippen LogP contribution in [0.15, 0.2) is 85.1 Å². The summed E-state index contributed by atoms with van der Waals surface area (Å²) in [5.74, 6) is 0. The Labute approximate surface area is 207 Å². The van der Waals surface area contributed by atoms with E-state index in [0.717, 1.165) is 27.8 Å². The summed E-state index contributed by atoms with van der Waals surface area (Å²) in [7, 11) is 0. The van der Waals surface area contributed by atoms with E-state index in [2.05, 4.69) is 104 Å². The molecule has 0 unspecified atom stereocenters. The molecule has 0 fully saturated rings. The van der Waals surface area contributed by atoms with Gasteiger partial charge in [0.05, 0.1) is 11.3 Å². The molecule has 0 bridgehead atoms. The third-order valence-corrected chi connectivity index (χ3v) is 6.38. The van der Waals surface area contributed by atoms with Gasteiger partial charge in [-0.15, -0.1) is 18.2 Å². The predicted molar refractivity (Wildman–Crippen MR) is 134 cm³/mol. The Balaban J connectivity index is 0.00000228. The number of pyridine rings is 1. The molecule has 0 aliphatic carbocycles. The largest absolute Gasteiger partial charge is 0.339 e. The van der Waals surface area contributed by atoms with E-state index >= 15 is 0 Å². The van der Waals surface area contributed by atoms with Gasteiger partial charge in [-0.2, -0.15) is 0 Å². The molecule has 2 aromatic heterocycles. The topological polar surface area (TPSA) is 17.3 Å². The molecule has 3 heteroatoms. The molecule has 0 aliphatic rings. The summed E-state index contributed by atoms with van der Waals surface area (Å²) in [4.78, 5) is 5.09. The molecule has 33 heavy (non-hydrogen) atoms. The molecule has 6 rings (SSSR count). The van der Waals surface area contributed by atoms with Crippen molar-refractivity contribution in [3.63, 3.8) is 0 Å². The quantitative estimate of drug-likeness (QED) is 0.147. The molecule has 0 N–H and O–H groups in total. The summed E-state index contributed by atoms with van der Waals surface area (Å²) in [5, 5.41) is 3.50. The molecule has 1 radical (unpaired) electrons. The van der Waals surface area contributed by atoms with Crippen LogP contribution in [0.2, 0.25) is 0 Å². The molecule has 163 valence electrons. The summed E-state index contributed by atoms with van der Waals surface area (Å²) in [6, 6.07) is 31.3. The molecule has 2 heterocycles. The maximum Gasteiger partial charge on any atom is 0.0771 e. The maximum atomic E-state index is 5.09. The summed E-state index contributed by atoms with van der Waals surface area (Å²) >= 11 is 0. The Morgan fingerprint density at radius 3 is 2.27 bits per heavy atom. The summed E-state index contributed by atoms with van der Waals surface area (Å²) in [6.45, 7) is 6.58. The predicted octanol–water partition coefficient (Wildman–Crippen LogP) is 7.70. The van der Waals surface area contributed by atoms with Crippen molar-refractivity contribution in [1.82, 2.24) is 9.38 Å².